The molecule has 0 bridgehead atoms. The van der Waals surface area contributed by atoms with Crippen LogP contribution in [0.2, 0.25) is 0 Å². The second-order valence-electron chi connectivity index (χ2n) is 5.55. The molecule has 0 radical (unpaired) electrons. The van der Waals surface area contributed by atoms with Crippen LogP contribution in [0.4, 0.5) is 5.82 Å². The van der Waals surface area contributed by atoms with Crippen LogP contribution in [0.25, 0.3) is 0 Å². The molecule has 1 aliphatic carbocycles. The summed E-state index contributed by atoms with van der Waals surface area (Å²) in [6, 6.07) is 4.26. The SMILES string of the molecule is CCCNCc1cccnc1N(CCC)CC1CC1. The maximum absolute atomic E-state index is 4.64. The van der Waals surface area contributed by atoms with Crippen molar-refractivity contribution in [2.24, 2.45) is 5.92 Å². The molecular formula is C16H27N3. The molecule has 0 unspecified atom stereocenters. The van der Waals surface area contributed by atoms with Crippen molar-refractivity contribution in [1.82, 2.24) is 10.3 Å². The van der Waals surface area contributed by atoms with Crippen LogP contribution in [0.15, 0.2) is 18.3 Å². The Balaban J connectivity index is 2.05. The van der Waals surface area contributed by atoms with E-state index in [0.717, 1.165) is 25.6 Å². The van der Waals surface area contributed by atoms with Crippen LogP contribution in [0.3, 0.4) is 0 Å². The number of hydrogen-bond donors (Lipinski definition) is 1. The Hall–Kier alpha value is -1.09. The molecule has 0 aromatic carbocycles. The zero-order valence-corrected chi connectivity index (χ0v) is 12.4. The highest BCUT2D eigenvalue weighted by atomic mass is 15.2. The van der Waals surface area contributed by atoms with E-state index in [4.69, 9.17) is 0 Å². The second-order valence-corrected chi connectivity index (χ2v) is 5.55. The molecule has 0 aliphatic heterocycles. The largest absolute Gasteiger partial charge is 0.356 e. The molecule has 2 rings (SSSR count). The minimum atomic E-state index is 0.907. The lowest BCUT2D eigenvalue weighted by molar-refractivity contribution is 0.658. The van der Waals surface area contributed by atoms with E-state index in [-0.39, 0.29) is 0 Å². The minimum absolute atomic E-state index is 0.907. The average Bonchev–Trinajstić information content (AvgIpc) is 3.23. The van der Waals surface area contributed by atoms with Gasteiger partial charge in [0.1, 0.15) is 5.82 Å². The van der Waals surface area contributed by atoms with Crippen LogP contribution in [-0.2, 0) is 6.54 Å². The molecule has 1 heterocycles. The number of hydrogen-bond acceptors (Lipinski definition) is 3. The fraction of sp³-hybridized carbons (Fsp3) is 0.688. The first-order chi connectivity index (χ1) is 9.35. The number of rotatable bonds is 9. The van der Waals surface area contributed by atoms with Gasteiger partial charge in [-0.3, -0.25) is 0 Å². The van der Waals surface area contributed by atoms with Crippen LogP contribution < -0.4 is 10.2 Å². The summed E-state index contributed by atoms with van der Waals surface area (Å²) in [4.78, 5) is 7.13. The maximum atomic E-state index is 4.64. The molecule has 0 atom stereocenters. The van der Waals surface area contributed by atoms with Gasteiger partial charge in [0.05, 0.1) is 0 Å². The molecule has 1 saturated carbocycles. The lowest BCUT2D eigenvalue weighted by Crippen LogP contribution is -2.29. The third-order valence-electron chi connectivity index (χ3n) is 3.58. The van der Waals surface area contributed by atoms with Gasteiger partial charge in [-0.1, -0.05) is 19.9 Å². The molecule has 0 saturated heterocycles. The molecule has 106 valence electrons. The van der Waals surface area contributed by atoms with Crippen molar-refractivity contribution < 1.29 is 0 Å². The van der Waals surface area contributed by atoms with E-state index in [0.29, 0.717) is 0 Å². The van der Waals surface area contributed by atoms with Gasteiger partial charge in [0.15, 0.2) is 0 Å². The van der Waals surface area contributed by atoms with Crippen molar-refractivity contribution in [2.75, 3.05) is 24.5 Å². The van der Waals surface area contributed by atoms with Gasteiger partial charge in [-0.15, -0.1) is 0 Å². The van der Waals surface area contributed by atoms with Crippen molar-refractivity contribution in [2.45, 2.75) is 46.1 Å². The van der Waals surface area contributed by atoms with Gasteiger partial charge in [0, 0.05) is 31.4 Å². The Morgan fingerprint density at radius 1 is 1.32 bits per heavy atom. The standard InChI is InChI=1S/C16H27N3/c1-3-9-17-12-15-6-5-10-18-16(15)19(11-4-2)13-14-7-8-14/h5-6,10,14,17H,3-4,7-9,11-13H2,1-2H3. The average molecular weight is 261 g/mol. The minimum Gasteiger partial charge on any atom is -0.356 e. The summed E-state index contributed by atoms with van der Waals surface area (Å²) >= 11 is 0. The molecule has 19 heavy (non-hydrogen) atoms. The fourth-order valence-corrected chi connectivity index (χ4v) is 2.42. The molecule has 3 heteroatoms. The maximum Gasteiger partial charge on any atom is 0.133 e. The lowest BCUT2D eigenvalue weighted by Gasteiger charge is -2.25. The lowest BCUT2D eigenvalue weighted by atomic mass is 10.2. The van der Waals surface area contributed by atoms with Crippen molar-refractivity contribution in [3.05, 3.63) is 23.9 Å². The van der Waals surface area contributed by atoms with Gasteiger partial charge in [0.2, 0.25) is 0 Å². The number of nitrogens with zero attached hydrogens (tertiary/aromatic N) is 2. The van der Waals surface area contributed by atoms with E-state index in [1.165, 1.54) is 43.6 Å². The summed E-state index contributed by atoms with van der Waals surface area (Å²) in [5.74, 6) is 2.10. The molecule has 1 aliphatic rings. The third kappa shape index (κ3) is 4.50. The van der Waals surface area contributed by atoms with E-state index >= 15 is 0 Å². The van der Waals surface area contributed by atoms with E-state index in [9.17, 15) is 0 Å². The summed E-state index contributed by atoms with van der Waals surface area (Å²) < 4.78 is 0. The monoisotopic (exact) mass is 261 g/mol. The Bertz CT molecular complexity index is 374. The first kappa shape index (κ1) is 14.3. The molecule has 1 aromatic rings. The summed E-state index contributed by atoms with van der Waals surface area (Å²) in [6.45, 7) is 8.76. The highest BCUT2D eigenvalue weighted by Gasteiger charge is 2.25. The van der Waals surface area contributed by atoms with Crippen molar-refractivity contribution in [3.8, 4) is 0 Å². The number of nitrogens with one attached hydrogen (secondary N) is 1. The molecule has 0 amide bonds. The molecule has 1 fully saturated rings. The summed E-state index contributed by atoms with van der Waals surface area (Å²) in [5.41, 5.74) is 1.34. The predicted molar refractivity (Wildman–Crippen MR) is 81.5 cm³/mol. The van der Waals surface area contributed by atoms with E-state index in [1.807, 2.05) is 12.3 Å². The van der Waals surface area contributed by atoms with Crippen molar-refractivity contribution >= 4 is 5.82 Å². The van der Waals surface area contributed by atoms with Crippen LogP contribution in [0, 0.1) is 5.92 Å². The van der Waals surface area contributed by atoms with Gasteiger partial charge in [-0.25, -0.2) is 4.98 Å². The molecule has 1 aromatic heterocycles. The van der Waals surface area contributed by atoms with Crippen LogP contribution in [0.1, 0.15) is 45.1 Å². The summed E-state index contributed by atoms with van der Waals surface area (Å²) in [7, 11) is 0. The molecule has 3 nitrogen and oxygen atoms in total. The van der Waals surface area contributed by atoms with Crippen molar-refractivity contribution in [3.63, 3.8) is 0 Å². The number of aromatic nitrogens is 1. The van der Waals surface area contributed by atoms with Gasteiger partial charge >= 0.3 is 0 Å². The number of anilines is 1. The zero-order valence-electron chi connectivity index (χ0n) is 12.4. The molecule has 0 spiro atoms. The van der Waals surface area contributed by atoms with Gasteiger partial charge < -0.3 is 10.2 Å². The first-order valence-electron chi connectivity index (χ1n) is 7.74. The van der Waals surface area contributed by atoms with Crippen LogP contribution in [-0.4, -0.2) is 24.6 Å². The van der Waals surface area contributed by atoms with E-state index < -0.39 is 0 Å². The second kappa shape index (κ2) is 7.49. The first-order valence-corrected chi connectivity index (χ1v) is 7.74. The predicted octanol–water partition coefficient (Wildman–Crippen LogP) is 3.21. The van der Waals surface area contributed by atoms with E-state index in [2.05, 4.69) is 35.1 Å². The Morgan fingerprint density at radius 3 is 2.84 bits per heavy atom. The fourth-order valence-electron chi connectivity index (χ4n) is 2.42. The zero-order chi connectivity index (χ0) is 13.5. The number of pyridine rings is 1. The van der Waals surface area contributed by atoms with Crippen LogP contribution >= 0.6 is 0 Å². The quantitative estimate of drug-likeness (QED) is 0.692. The topological polar surface area (TPSA) is 28.2 Å². The highest BCUT2D eigenvalue weighted by Crippen LogP contribution is 2.31. The normalized spacial score (nSPS) is 14.6. The third-order valence-corrected chi connectivity index (χ3v) is 3.58. The van der Waals surface area contributed by atoms with Crippen LogP contribution in [0.5, 0.6) is 0 Å². The van der Waals surface area contributed by atoms with Gasteiger partial charge in [-0.2, -0.15) is 0 Å². The van der Waals surface area contributed by atoms with E-state index in [1.54, 1.807) is 0 Å². The Labute approximate surface area is 117 Å². The van der Waals surface area contributed by atoms with Gasteiger partial charge in [0.25, 0.3) is 0 Å². The Kier molecular flexibility index (Phi) is 5.64. The van der Waals surface area contributed by atoms with Crippen molar-refractivity contribution in [1.29, 1.82) is 0 Å². The smallest absolute Gasteiger partial charge is 0.133 e. The Morgan fingerprint density at radius 2 is 2.16 bits per heavy atom. The molecular weight excluding hydrogens is 234 g/mol. The summed E-state index contributed by atoms with van der Waals surface area (Å²) in [6.07, 6.45) is 7.09. The molecule has 1 N–H and O–H groups in total. The summed E-state index contributed by atoms with van der Waals surface area (Å²) in [5, 5.41) is 3.49. The van der Waals surface area contributed by atoms with Gasteiger partial charge in [-0.05, 0) is 44.2 Å². The highest BCUT2D eigenvalue weighted by molar-refractivity contribution is 5.46.